The highest BCUT2D eigenvalue weighted by Gasteiger charge is 2.23. The SMILES string of the molecule is COc1ccc(N(CCCl)CCCl)cc1CC(CC(=O)O)NC(=O)OC(C)(C)C. The van der Waals surface area contributed by atoms with E-state index < -0.39 is 23.7 Å². The maximum atomic E-state index is 12.1. The predicted molar refractivity (Wildman–Crippen MR) is 116 cm³/mol. The number of benzene rings is 1. The second kappa shape index (κ2) is 12.0. The average molecular weight is 449 g/mol. The van der Waals surface area contributed by atoms with Gasteiger partial charge in [-0.25, -0.2) is 4.79 Å². The molecule has 2 N–H and O–H groups in total. The van der Waals surface area contributed by atoms with Gasteiger partial charge in [-0.3, -0.25) is 4.79 Å². The third kappa shape index (κ3) is 9.45. The molecule has 0 fully saturated rings. The largest absolute Gasteiger partial charge is 0.496 e. The normalized spacial score (nSPS) is 12.2. The van der Waals surface area contributed by atoms with Gasteiger partial charge in [0.25, 0.3) is 0 Å². The fourth-order valence-corrected chi connectivity index (χ4v) is 3.23. The van der Waals surface area contributed by atoms with Crippen molar-refractivity contribution >= 4 is 41.0 Å². The Bertz CT molecular complexity index is 673. The first kappa shape index (κ1) is 25.2. The number of methoxy groups -OCH3 is 1. The summed E-state index contributed by atoms with van der Waals surface area (Å²) in [7, 11) is 1.54. The Morgan fingerprint density at radius 1 is 1.21 bits per heavy atom. The van der Waals surface area contributed by atoms with Crippen LogP contribution in [0.25, 0.3) is 0 Å². The van der Waals surface area contributed by atoms with Crippen LogP contribution in [0, 0.1) is 0 Å². The summed E-state index contributed by atoms with van der Waals surface area (Å²) in [6, 6.07) is 4.95. The summed E-state index contributed by atoms with van der Waals surface area (Å²) in [5.74, 6) is 0.471. The van der Waals surface area contributed by atoms with E-state index in [2.05, 4.69) is 5.32 Å². The second-order valence-electron chi connectivity index (χ2n) is 7.51. The number of carbonyl (C=O) groups excluding carboxylic acids is 1. The summed E-state index contributed by atoms with van der Waals surface area (Å²) < 4.78 is 10.7. The maximum Gasteiger partial charge on any atom is 0.407 e. The van der Waals surface area contributed by atoms with Crippen LogP contribution in [0.2, 0.25) is 0 Å². The van der Waals surface area contributed by atoms with Crippen LogP contribution < -0.4 is 15.0 Å². The van der Waals surface area contributed by atoms with Gasteiger partial charge in [-0.15, -0.1) is 23.2 Å². The zero-order chi connectivity index (χ0) is 22.0. The molecule has 0 saturated heterocycles. The van der Waals surface area contributed by atoms with Crippen LogP contribution in [-0.4, -0.2) is 60.8 Å². The first-order chi connectivity index (χ1) is 13.6. The molecule has 1 atom stereocenters. The van der Waals surface area contributed by atoms with Crippen molar-refractivity contribution in [2.24, 2.45) is 0 Å². The number of anilines is 1. The number of carboxylic acid groups (broad SMARTS) is 1. The Morgan fingerprint density at radius 3 is 2.31 bits per heavy atom. The number of aliphatic carboxylic acids is 1. The molecule has 0 heterocycles. The number of amides is 1. The number of nitrogens with one attached hydrogen (secondary N) is 1. The molecule has 0 spiro atoms. The topological polar surface area (TPSA) is 88.1 Å². The third-order valence-electron chi connectivity index (χ3n) is 3.95. The minimum atomic E-state index is -1.02. The van der Waals surface area contributed by atoms with E-state index >= 15 is 0 Å². The highest BCUT2D eigenvalue weighted by Crippen LogP contribution is 2.27. The number of hydrogen-bond donors (Lipinski definition) is 2. The molecule has 1 aromatic rings. The Hall–Kier alpha value is -1.86. The van der Waals surface area contributed by atoms with E-state index in [1.807, 2.05) is 23.1 Å². The molecule has 0 aliphatic rings. The van der Waals surface area contributed by atoms with Gasteiger partial charge in [0.15, 0.2) is 0 Å². The monoisotopic (exact) mass is 448 g/mol. The molecule has 1 unspecified atom stereocenters. The van der Waals surface area contributed by atoms with Crippen molar-refractivity contribution in [2.75, 3.05) is 36.9 Å². The molecule has 0 aliphatic carbocycles. The Morgan fingerprint density at radius 2 is 1.83 bits per heavy atom. The van der Waals surface area contributed by atoms with Crippen molar-refractivity contribution in [1.29, 1.82) is 0 Å². The number of hydrogen-bond acceptors (Lipinski definition) is 5. The molecule has 0 radical (unpaired) electrons. The second-order valence-corrected chi connectivity index (χ2v) is 8.26. The predicted octanol–water partition coefficient (Wildman–Crippen LogP) is 3.89. The van der Waals surface area contributed by atoms with Gasteiger partial charge < -0.3 is 24.8 Å². The van der Waals surface area contributed by atoms with Crippen molar-refractivity contribution in [2.45, 2.75) is 45.3 Å². The van der Waals surface area contributed by atoms with Gasteiger partial charge in [0.1, 0.15) is 11.4 Å². The fourth-order valence-electron chi connectivity index (χ4n) is 2.82. The first-order valence-electron chi connectivity index (χ1n) is 9.34. The van der Waals surface area contributed by atoms with Gasteiger partial charge in [-0.05, 0) is 51.0 Å². The quantitative estimate of drug-likeness (QED) is 0.499. The molecule has 164 valence electrons. The van der Waals surface area contributed by atoms with Gasteiger partial charge in [0, 0.05) is 36.6 Å². The summed E-state index contributed by atoms with van der Waals surface area (Å²) in [6.07, 6.45) is -0.650. The van der Waals surface area contributed by atoms with E-state index in [1.165, 1.54) is 0 Å². The van der Waals surface area contributed by atoms with E-state index in [0.717, 1.165) is 11.3 Å². The fraction of sp³-hybridized carbons (Fsp3) is 0.600. The molecule has 0 aromatic heterocycles. The summed E-state index contributed by atoms with van der Waals surface area (Å²) >= 11 is 11.8. The van der Waals surface area contributed by atoms with Crippen LogP contribution in [0.3, 0.4) is 0 Å². The van der Waals surface area contributed by atoms with Crippen molar-refractivity contribution in [3.63, 3.8) is 0 Å². The molecule has 1 rings (SSSR count). The zero-order valence-corrected chi connectivity index (χ0v) is 18.8. The Balaban J connectivity index is 3.10. The number of alkyl halides is 2. The van der Waals surface area contributed by atoms with E-state index in [4.69, 9.17) is 32.7 Å². The van der Waals surface area contributed by atoms with Crippen LogP contribution in [0.15, 0.2) is 18.2 Å². The van der Waals surface area contributed by atoms with Gasteiger partial charge >= 0.3 is 12.1 Å². The number of rotatable bonds is 11. The molecule has 1 amide bonds. The number of nitrogens with zero attached hydrogens (tertiary/aromatic N) is 1. The molecule has 0 bridgehead atoms. The summed E-state index contributed by atoms with van der Waals surface area (Å²) in [5, 5.41) is 11.9. The minimum Gasteiger partial charge on any atom is -0.496 e. The van der Waals surface area contributed by atoms with Crippen molar-refractivity contribution < 1.29 is 24.2 Å². The van der Waals surface area contributed by atoms with Crippen LogP contribution in [0.1, 0.15) is 32.8 Å². The zero-order valence-electron chi connectivity index (χ0n) is 17.3. The highest BCUT2D eigenvalue weighted by molar-refractivity contribution is 6.18. The molecule has 7 nitrogen and oxygen atoms in total. The van der Waals surface area contributed by atoms with E-state index in [0.29, 0.717) is 30.6 Å². The lowest BCUT2D eigenvalue weighted by Gasteiger charge is -2.26. The van der Waals surface area contributed by atoms with E-state index in [-0.39, 0.29) is 12.8 Å². The third-order valence-corrected chi connectivity index (χ3v) is 4.28. The Labute approximate surface area is 182 Å². The van der Waals surface area contributed by atoms with E-state index in [9.17, 15) is 14.7 Å². The Kier molecular flexibility index (Phi) is 10.4. The smallest absolute Gasteiger partial charge is 0.407 e. The maximum absolute atomic E-state index is 12.1. The molecular formula is C20H30Cl2N2O5. The number of ether oxygens (including phenoxy) is 2. The van der Waals surface area contributed by atoms with Crippen LogP contribution in [0.4, 0.5) is 10.5 Å². The summed E-state index contributed by atoms with van der Waals surface area (Å²) in [4.78, 5) is 25.5. The number of halogens is 2. The standard InChI is InChI=1S/C20H30Cl2N2O5/c1-20(2,3)29-19(27)23-15(13-18(25)26)11-14-12-16(5-6-17(14)28-4)24(9-7-21)10-8-22/h5-6,12,15H,7-11,13H2,1-4H3,(H,23,27)(H,25,26). The lowest BCUT2D eigenvalue weighted by Crippen LogP contribution is -2.41. The summed E-state index contributed by atoms with van der Waals surface area (Å²) in [6.45, 7) is 6.47. The molecule has 1 aromatic carbocycles. The number of carboxylic acids is 1. The molecule has 0 aliphatic heterocycles. The van der Waals surface area contributed by atoms with Crippen LogP contribution in [0.5, 0.6) is 5.75 Å². The van der Waals surface area contributed by atoms with E-state index in [1.54, 1.807) is 27.9 Å². The number of carbonyl (C=O) groups is 2. The van der Waals surface area contributed by atoms with Crippen molar-refractivity contribution in [3.05, 3.63) is 23.8 Å². The van der Waals surface area contributed by atoms with Gasteiger partial charge in [0.05, 0.1) is 13.5 Å². The van der Waals surface area contributed by atoms with Gasteiger partial charge in [-0.1, -0.05) is 0 Å². The molecule has 29 heavy (non-hydrogen) atoms. The van der Waals surface area contributed by atoms with Crippen LogP contribution in [-0.2, 0) is 16.0 Å². The van der Waals surface area contributed by atoms with Crippen LogP contribution >= 0.6 is 23.2 Å². The molecule has 9 heteroatoms. The average Bonchev–Trinajstić information content (AvgIpc) is 2.59. The van der Waals surface area contributed by atoms with Gasteiger partial charge in [-0.2, -0.15) is 0 Å². The lowest BCUT2D eigenvalue weighted by atomic mass is 10.0. The summed E-state index contributed by atoms with van der Waals surface area (Å²) in [5.41, 5.74) is 0.980. The van der Waals surface area contributed by atoms with Gasteiger partial charge in [0.2, 0.25) is 0 Å². The first-order valence-corrected chi connectivity index (χ1v) is 10.4. The van der Waals surface area contributed by atoms with Crippen molar-refractivity contribution in [1.82, 2.24) is 5.32 Å². The highest BCUT2D eigenvalue weighted by atomic mass is 35.5. The number of alkyl carbamates (subject to hydrolysis) is 1. The van der Waals surface area contributed by atoms with Crippen molar-refractivity contribution in [3.8, 4) is 5.75 Å². The minimum absolute atomic E-state index is 0.250. The molecule has 0 saturated carbocycles. The molecular weight excluding hydrogens is 419 g/mol. The lowest BCUT2D eigenvalue weighted by molar-refractivity contribution is -0.137.